The minimum atomic E-state index is -0.167. The lowest BCUT2D eigenvalue weighted by Crippen LogP contribution is -2.23. The smallest absolute Gasteiger partial charge is 0.119 e. The zero-order chi connectivity index (χ0) is 23.1. The second-order valence-corrected chi connectivity index (χ2v) is 7.96. The first-order chi connectivity index (χ1) is 14.2. The van der Waals surface area contributed by atoms with Crippen LogP contribution >= 0.6 is 0 Å². The Morgan fingerprint density at radius 1 is 0.900 bits per heavy atom. The molecule has 170 valence electrons. The van der Waals surface area contributed by atoms with Gasteiger partial charge in [0.1, 0.15) is 5.75 Å². The molecule has 0 fully saturated rings. The summed E-state index contributed by atoms with van der Waals surface area (Å²) in [6, 6.07) is 16.2. The zero-order valence-corrected chi connectivity index (χ0v) is 20.5. The highest BCUT2D eigenvalue weighted by Gasteiger charge is 2.05. The fourth-order valence-corrected chi connectivity index (χ4v) is 2.57. The summed E-state index contributed by atoms with van der Waals surface area (Å²) in [5.74, 6) is 0.908. The number of likely N-dealkylation sites (N-methyl/N-ethyl adjacent to an activating group) is 1. The van der Waals surface area contributed by atoms with Crippen LogP contribution in [0.2, 0.25) is 0 Å². The van der Waals surface area contributed by atoms with Crippen molar-refractivity contribution >= 4 is 0 Å². The van der Waals surface area contributed by atoms with Gasteiger partial charge in [-0.25, -0.2) is 0 Å². The van der Waals surface area contributed by atoms with E-state index in [2.05, 4.69) is 74.7 Å². The molecule has 0 saturated heterocycles. The van der Waals surface area contributed by atoms with E-state index < -0.39 is 0 Å². The molecule has 0 bridgehead atoms. The third-order valence-corrected chi connectivity index (χ3v) is 4.84. The average molecular weight is 417 g/mol. The van der Waals surface area contributed by atoms with E-state index in [1.165, 1.54) is 28.7 Å². The second-order valence-electron chi connectivity index (χ2n) is 7.96. The first-order valence-electron chi connectivity index (χ1n) is 10.9. The summed E-state index contributed by atoms with van der Waals surface area (Å²) in [5.41, 5.74) is 5.12. The Kier molecular flexibility index (Phi) is 14.9. The molecule has 4 heteroatoms. The minimum Gasteiger partial charge on any atom is -0.497 e. The highest BCUT2D eigenvalue weighted by molar-refractivity contribution is 5.68. The number of ether oxygens (including phenoxy) is 1. The van der Waals surface area contributed by atoms with E-state index in [1.54, 1.807) is 21.0 Å². The molecular weight excluding hydrogens is 372 g/mol. The van der Waals surface area contributed by atoms with E-state index in [0.717, 1.165) is 12.2 Å². The summed E-state index contributed by atoms with van der Waals surface area (Å²) in [6.45, 7) is 12.1. The first-order valence-corrected chi connectivity index (χ1v) is 10.9. The number of rotatable bonds is 7. The van der Waals surface area contributed by atoms with Crippen molar-refractivity contribution in [1.82, 2.24) is 10.6 Å². The zero-order valence-electron chi connectivity index (χ0n) is 20.5. The molecule has 4 nitrogen and oxygen atoms in total. The number of hydrogen-bond donors (Lipinski definition) is 3. The van der Waals surface area contributed by atoms with E-state index in [0.29, 0.717) is 12.1 Å². The maximum absolute atomic E-state index is 8.06. The van der Waals surface area contributed by atoms with Crippen LogP contribution in [-0.2, 0) is 6.42 Å². The van der Waals surface area contributed by atoms with Gasteiger partial charge in [0.15, 0.2) is 0 Å². The molecule has 0 saturated carbocycles. The van der Waals surface area contributed by atoms with Crippen molar-refractivity contribution in [2.75, 3.05) is 21.2 Å². The molecule has 30 heavy (non-hydrogen) atoms. The molecule has 2 atom stereocenters. The highest BCUT2D eigenvalue weighted by atomic mass is 16.5. The van der Waals surface area contributed by atoms with Gasteiger partial charge in [-0.2, -0.15) is 0 Å². The molecule has 2 rings (SSSR count). The fraction of sp³-hybridized carbons (Fsp3) is 0.538. The summed E-state index contributed by atoms with van der Waals surface area (Å²) in [7, 11) is 5.68. The van der Waals surface area contributed by atoms with Gasteiger partial charge >= 0.3 is 0 Å². The van der Waals surface area contributed by atoms with Crippen molar-refractivity contribution in [1.29, 1.82) is 0 Å². The summed E-state index contributed by atoms with van der Waals surface area (Å²) in [5, 5.41) is 14.4. The van der Waals surface area contributed by atoms with Gasteiger partial charge in [-0.1, -0.05) is 37.3 Å². The van der Waals surface area contributed by atoms with E-state index in [9.17, 15) is 0 Å². The Labute approximate surface area is 185 Å². The summed E-state index contributed by atoms with van der Waals surface area (Å²) >= 11 is 0. The molecule has 2 aromatic carbocycles. The molecular formula is C26H44N2O2. The number of aliphatic hydroxyl groups excluding tert-OH is 1. The molecule has 2 aromatic rings. The lowest BCUT2D eigenvalue weighted by molar-refractivity contribution is 0.216. The largest absolute Gasteiger partial charge is 0.497 e. The van der Waals surface area contributed by atoms with Gasteiger partial charge in [-0.3, -0.25) is 0 Å². The molecule has 0 aliphatic heterocycles. The van der Waals surface area contributed by atoms with Crippen LogP contribution in [0.4, 0.5) is 0 Å². The molecule has 0 heterocycles. The van der Waals surface area contributed by atoms with Crippen molar-refractivity contribution in [3.8, 4) is 16.9 Å². The predicted octanol–water partition coefficient (Wildman–Crippen LogP) is 5.21. The van der Waals surface area contributed by atoms with Gasteiger partial charge in [-0.05, 0) is 95.9 Å². The average Bonchev–Trinajstić information content (AvgIpc) is 2.73. The Morgan fingerprint density at radius 3 is 1.80 bits per heavy atom. The monoisotopic (exact) mass is 416 g/mol. The van der Waals surface area contributed by atoms with E-state index >= 15 is 0 Å². The normalized spacial score (nSPS) is 12.2. The summed E-state index contributed by atoms with van der Waals surface area (Å²) < 4.78 is 5.25. The third kappa shape index (κ3) is 12.0. The fourth-order valence-electron chi connectivity index (χ4n) is 2.57. The number of hydrogen-bond acceptors (Lipinski definition) is 4. The quantitative estimate of drug-likeness (QED) is 0.580. The lowest BCUT2D eigenvalue weighted by Gasteiger charge is -2.12. The van der Waals surface area contributed by atoms with Gasteiger partial charge in [0.2, 0.25) is 0 Å². The van der Waals surface area contributed by atoms with Gasteiger partial charge < -0.3 is 20.5 Å². The van der Waals surface area contributed by atoms with Crippen LogP contribution in [0.1, 0.15) is 52.2 Å². The molecule has 0 radical (unpaired) electrons. The summed E-state index contributed by atoms with van der Waals surface area (Å²) in [6.07, 6.45) is 2.11. The molecule has 0 aliphatic carbocycles. The van der Waals surface area contributed by atoms with Crippen LogP contribution < -0.4 is 15.4 Å². The Morgan fingerprint density at radius 2 is 1.43 bits per heavy atom. The third-order valence-electron chi connectivity index (χ3n) is 4.84. The van der Waals surface area contributed by atoms with Crippen molar-refractivity contribution in [3.63, 3.8) is 0 Å². The predicted molar refractivity (Wildman–Crippen MR) is 132 cm³/mol. The molecule has 3 N–H and O–H groups in total. The Hall–Kier alpha value is -1.88. The Balaban J connectivity index is 0.000000703. The Bertz CT molecular complexity index is 677. The summed E-state index contributed by atoms with van der Waals surface area (Å²) in [4.78, 5) is 0. The minimum absolute atomic E-state index is 0.167. The molecule has 0 amide bonds. The standard InChI is InChI=1S/C18H23NO.C5H13N.C3H8O/c1-13-11-17(20-4)9-10-18(13)16-7-5-15(6-8-16)12-14(2)19-3;1-4-5(2)6-3;1-3(2)4/h5-11,14,19H,12H2,1-4H3;5-6H,4H2,1-3H3;3-4H,1-2H3/t;5-;/m.1./s1. The van der Waals surface area contributed by atoms with Crippen molar-refractivity contribution in [2.24, 2.45) is 0 Å². The van der Waals surface area contributed by atoms with Crippen LogP contribution in [0.5, 0.6) is 5.75 Å². The van der Waals surface area contributed by atoms with E-state index in [-0.39, 0.29) is 6.10 Å². The molecule has 0 aromatic heterocycles. The number of nitrogens with one attached hydrogen (secondary N) is 2. The maximum Gasteiger partial charge on any atom is 0.119 e. The number of methoxy groups -OCH3 is 1. The van der Waals surface area contributed by atoms with Crippen LogP contribution in [0.3, 0.4) is 0 Å². The van der Waals surface area contributed by atoms with Gasteiger partial charge in [0, 0.05) is 18.2 Å². The lowest BCUT2D eigenvalue weighted by atomic mass is 9.98. The highest BCUT2D eigenvalue weighted by Crippen LogP contribution is 2.27. The molecule has 0 spiro atoms. The van der Waals surface area contributed by atoms with Crippen LogP contribution in [0.15, 0.2) is 42.5 Å². The van der Waals surface area contributed by atoms with Crippen LogP contribution in [-0.4, -0.2) is 44.5 Å². The van der Waals surface area contributed by atoms with Crippen molar-refractivity contribution in [3.05, 3.63) is 53.6 Å². The number of benzene rings is 2. The van der Waals surface area contributed by atoms with Crippen LogP contribution in [0.25, 0.3) is 11.1 Å². The van der Waals surface area contributed by atoms with E-state index in [1.807, 2.05) is 20.2 Å². The maximum atomic E-state index is 8.06. The topological polar surface area (TPSA) is 53.5 Å². The van der Waals surface area contributed by atoms with Gasteiger partial charge in [0.25, 0.3) is 0 Å². The second kappa shape index (κ2) is 15.9. The van der Waals surface area contributed by atoms with E-state index in [4.69, 9.17) is 9.84 Å². The SMILES string of the molecule is CC(C)O.CC[C@@H](C)NC.CNC(C)Cc1ccc(-c2ccc(OC)cc2C)cc1. The van der Waals surface area contributed by atoms with Crippen molar-refractivity contribution in [2.45, 2.75) is 72.6 Å². The number of aryl methyl sites for hydroxylation is 1. The van der Waals surface area contributed by atoms with Crippen LogP contribution in [0, 0.1) is 6.92 Å². The number of aliphatic hydroxyl groups is 1. The van der Waals surface area contributed by atoms with Crippen molar-refractivity contribution < 1.29 is 9.84 Å². The van der Waals surface area contributed by atoms with Gasteiger partial charge in [0.05, 0.1) is 7.11 Å². The molecule has 1 unspecified atom stereocenters. The van der Waals surface area contributed by atoms with Gasteiger partial charge in [-0.15, -0.1) is 0 Å². The molecule has 0 aliphatic rings. The first kappa shape index (κ1) is 28.1.